The molecule has 1 aliphatic rings. The van der Waals surface area contributed by atoms with E-state index in [1.807, 2.05) is 6.07 Å². The molecule has 0 radical (unpaired) electrons. The molecule has 1 N–H and O–H groups in total. The molecule has 2 heterocycles. The van der Waals surface area contributed by atoms with Crippen molar-refractivity contribution < 1.29 is 13.2 Å². The second-order valence-corrected chi connectivity index (χ2v) is 6.17. The lowest BCUT2D eigenvalue weighted by Crippen LogP contribution is -2.07. The number of benzene rings is 1. The fourth-order valence-corrected chi connectivity index (χ4v) is 2.57. The quantitative estimate of drug-likeness (QED) is 0.730. The van der Waals surface area contributed by atoms with Crippen LogP contribution in [0.25, 0.3) is 22.8 Å². The SMILES string of the molecule is FC(F)(F)c1cccc(-c2cc(NC3CC3)nc(-c3ccccn3)n2)c1. The molecule has 4 nitrogen and oxygen atoms in total. The van der Waals surface area contributed by atoms with E-state index in [4.69, 9.17) is 0 Å². The Morgan fingerprint density at radius 1 is 0.923 bits per heavy atom. The predicted molar refractivity (Wildman–Crippen MR) is 92.3 cm³/mol. The molecule has 2 aromatic heterocycles. The zero-order valence-electron chi connectivity index (χ0n) is 13.7. The van der Waals surface area contributed by atoms with Crippen LogP contribution >= 0.6 is 0 Å². The third kappa shape index (κ3) is 3.66. The van der Waals surface area contributed by atoms with E-state index in [-0.39, 0.29) is 0 Å². The van der Waals surface area contributed by atoms with Crippen LogP contribution < -0.4 is 5.32 Å². The van der Waals surface area contributed by atoms with E-state index in [0.29, 0.717) is 34.6 Å². The van der Waals surface area contributed by atoms with Crippen molar-refractivity contribution in [3.05, 3.63) is 60.3 Å². The third-order valence-electron chi connectivity index (χ3n) is 4.04. The van der Waals surface area contributed by atoms with E-state index < -0.39 is 11.7 Å². The number of alkyl halides is 3. The van der Waals surface area contributed by atoms with E-state index in [0.717, 1.165) is 25.0 Å². The molecule has 26 heavy (non-hydrogen) atoms. The first kappa shape index (κ1) is 16.5. The van der Waals surface area contributed by atoms with Crippen molar-refractivity contribution in [1.82, 2.24) is 15.0 Å². The number of hydrogen-bond donors (Lipinski definition) is 1. The number of halogens is 3. The van der Waals surface area contributed by atoms with Gasteiger partial charge in [-0.2, -0.15) is 13.2 Å². The summed E-state index contributed by atoms with van der Waals surface area (Å²) in [5.74, 6) is 0.972. The summed E-state index contributed by atoms with van der Waals surface area (Å²) in [6.07, 6.45) is -0.658. The van der Waals surface area contributed by atoms with Crippen LogP contribution in [-0.4, -0.2) is 21.0 Å². The van der Waals surface area contributed by atoms with Gasteiger partial charge < -0.3 is 5.32 Å². The van der Waals surface area contributed by atoms with E-state index in [1.165, 1.54) is 6.07 Å². The Morgan fingerprint density at radius 2 is 1.77 bits per heavy atom. The molecule has 3 aromatic rings. The molecule has 1 aliphatic carbocycles. The van der Waals surface area contributed by atoms with Crippen molar-refractivity contribution >= 4 is 5.82 Å². The second-order valence-electron chi connectivity index (χ2n) is 6.17. The lowest BCUT2D eigenvalue weighted by Gasteiger charge is -2.11. The van der Waals surface area contributed by atoms with Crippen LogP contribution in [0, 0.1) is 0 Å². The summed E-state index contributed by atoms with van der Waals surface area (Å²) < 4.78 is 39.1. The Bertz CT molecular complexity index is 922. The van der Waals surface area contributed by atoms with Crippen molar-refractivity contribution in [3.8, 4) is 22.8 Å². The van der Waals surface area contributed by atoms with Gasteiger partial charge in [-0.3, -0.25) is 4.98 Å². The molecule has 0 saturated heterocycles. The smallest absolute Gasteiger partial charge is 0.367 e. The molecular formula is C19H15F3N4. The lowest BCUT2D eigenvalue weighted by molar-refractivity contribution is -0.137. The van der Waals surface area contributed by atoms with Crippen LogP contribution in [-0.2, 0) is 6.18 Å². The van der Waals surface area contributed by atoms with E-state index in [1.54, 1.807) is 30.5 Å². The molecule has 0 atom stereocenters. The maximum Gasteiger partial charge on any atom is 0.416 e. The average Bonchev–Trinajstić information content (AvgIpc) is 3.45. The highest BCUT2D eigenvalue weighted by molar-refractivity contribution is 5.67. The topological polar surface area (TPSA) is 50.7 Å². The van der Waals surface area contributed by atoms with Crippen molar-refractivity contribution in [1.29, 1.82) is 0 Å². The van der Waals surface area contributed by atoms with Gasteiger partial charge >= 0.3 is 6.18 Å². The number of nitrogens with zero attached hydrogens (tertiary/aromatic N) is 3. The van der Waals surface area contributed by atoms with Gasteiger partial charge in [-0.05, 0) is 37.1 Å². The number of pyridine rings is 1. The first-order valence-corrected chi connectivity index (χ1v) is 8.24. The average molecular weight is 356 g/mol. The molecule has 0 amide bonds. The minimum absolute atomic E-state index is 0.357. The number of aromatic nitrogens is 3. The Kier molecular flexibility index (Phi) is 4.06. The fourth-order valence-electron chi connectivity index (χ4n) is 2.57. The summed E-state index contributed by atoms with van der Waals surface area (Å²) in [5.41, 5.74) is 0.679. The molecule has 7 heteroatoms. The number of anilines is 1. The van der Waals surface area contributed by atoms with Crippen LogP contribution in [0.15, 0.2) is 54.7 Å². The van der Waals surface area contributed by atoms with Gasteiger partial charge in [-0.1, -0.05) is 18.2 Å². The normalized spacial score (nSPS) is 14.3. The van der Waals surface area contributed by atoms with Crippen LogP contribution in [0.2, 0.25) is 0 Å². The van der Waals surface area contributed by atoms with Gasteiger partial charge in [-0.25, -0.2) is 9.97 Å². The molecule has 4 rings (SSSR count). The molecule has 1 aromatic carbocycles. The zero-order chi connectivity index (χ0) is 18.1. The minimum atomic E-state index is -4.40. The highest BCUT2D eigenvalue weighted by atomic mass is 19.4. The molecule has 0 bridgehead atoms. The first-order chi connectivity index (χ1) is 12.5. The lowest BCUT2D eigenvalue weighted by atomic mass is 10.1. The monoisotopic (exact) mass is 356 g/mol. The van der Waals surface area contributed by atoms with Crippen LogP contribution in [0.1, 0.15) is 18.4 Å². The Hall–Kier alpha value is -2.96. The highest BCUT2D eigenvalue weighted by Gasteiger charge is 2.30. The number of nitrogens with one attached hydrogen (secondary N) is 1. The summed E-state index contributed by atoms with van der Waals surface area (Å²) in [7, 11) is 0. The van der Waals surface area contributed by atoms with Crippen molar-refractivity contribution in [2.24, 2.45) is 0 Å². The summed E-state index contributed by atoms with van der Waals surface area (Å²) in [6.45, 7) is 0. The van der Waals surface area contributed by atoms with Crippen molar-refractivity contribution in [2.45, 2.75) is 25.1 Å². The van der Waals surface area contributed by atoms with Gasteiger partial charge in [0.2, 0.25) is 0 Å². The second kappa shape index (κ2) is 6.40. The summed E-state index contributed by atoms with van der Waals surface area (Å²) >= 11 is 0. The summed E-state index contributed by atoms with van der Waals surface area (Å²) in [4.78, 5) is 13.2. The predicted octanol–water partition coefficient (Wildman–Crippen LogP) is 4.80. The minimum Gasteiger partial charge on any atom is -0.367 e. The third-order valence-corrected chi connectivity index (χ3v) is 4.04. The Labute approximate surface area is 148 Å². The van der Waals surface area contributed by atoms with E-state index in [9.17, 15) is 13.2 Å². The van der Waals surface area contributed by atoms with Gasteiger partial charge in [0.05, 0.1) is 11.3 Å². The first-order valence-electron chi connectivity index (χ1n) is 8.24. The molecular weight excluding hydrogens is 341 g/mol. The van der Waals surface area contributed by atoms with Crippen molar-refractivity contribution in [2.75, 3.05) is 5.32 Å². The zero-order valence-corrected chi connectivity index (χ0v) is 13.7. The number of rotatable bonds is 4. The molecule has 0 unspecified atom stereocenters. The Balaban J connectivity index is 1.80. The largest absolute Gasteiger partial charge is 0.416 e. The van der Waals surface area contributed by atoms with Gasteiger partial charge in [0.15, 0.2) is 5.82 Å². The standard InChI is InChI=1S/C19H15F3N4/c20-19(21,22)13-5-3-4-12(10-13)16-11-17(24-14-7-8-14)26-18(25-16)15-6-1-2-9-23-15/h1-6,9-11,14H,7-8H2,(H,24,25,26). The van der Waals surface area contributed by atoms with Gasteiger partial charge in [0.25, 0.3) is 0 Å². The van der Waals surface area contributed by atoms with Gasteiger partial charge in [0.1, 0.15) is 11.5 Å². The van der Waals surface area contributed by atoms with Crippen molar-refractivity contribution in [3.63, 3.8) is 0 Å². The maximum atomic E-state index is 13.0. The van der Waals surface area contributed by atoms with E-state index in [2.05, 4.69) is 20.3 Å². The maximum absolute atomic E-state index is 13.0. The molecule has 1 fully saturated rings. The van der Waals surface area contributed by atoms with E-state index >= 15 is 0 Å². The van der Waals surface area contributed by atoms with Crippen LogP contribution in [0.4, 0.5) is 19.0 Å². The molecule has 132 valence electrons. The summed E-state index contributed by atoms with van der Waals surface area (Å²) in [6, 6.07) is 12.6. The molecule has 0 spiro atoms. The highest BCUT2D eigenvalue weighted by Crippen LogP contribution is 2.33. The van der Waals surface area contributed by atoms with Crippen LogP contribution in [0.5, 0.6) is 0 Å². The number of hydrogen-bond acceptors (Lipinski definition) is 4. The van der Waals surface area contributed by atoms with Gasteiger partial charge in [-0.15, -0.1) is 0 Å². The fraction of sp³-hybridized carbons (Fsp3) is 0.211. The van der Waals surface area contributed by atoms with Crippen LogP contribution in [0.3, 0.4) is 0 Å². The van der Waals surface area contributed by atoms with Gasteiger partial charge in [0, 0.05) is 23.9 Å². The molecule has 0 aliphatic heterocycles. The summed E-state index contributed by atoms with van der Waals surface area (Å²) in [5, 5.41) is 3.28. The Morgan fingerprint density at radius 3 is 2.46 bits per heavy atom. The molecule has 1 saturated carbocycles.